The lowest BCUT2D eigenvalue weighted by Crippen LogP contribution is -2.37. The van der Waals surface area contributed by atoms with Crippen molar-refractivity contribution in [2.24, 2.45) is 0 Å². The summed E-state index contributed by atoms with van der Waals surface area (Å²) >= 11 is 0. The highest BCUT2D eigenvalue weighted by Crippen LogP contribution is 2.13. The van der Waals surface area contributed by atoms with Crippen molar-refractivity contribution in [3.8, 4) is 0 Å². The predicted molar refractivity (Wildman–Crippen MR) is 90.4 cm³/mol. The van der Waals surface area contributed by atoms with E-state index in [1.807, 2.05) is 31.2 Å². The van der Waals surface area contributed by atoms with Crippen LogP contribution in [0, 0.1) is 0 Å². The number of benzene rings is 1. The van der Waals surface area contributed by atoms with Crippen molar-refractivity contribution in [1.29, 1.82) is 0 Å². The van der Waals surface area contributed by atoms with Gasteiger partial charge in [-0.1, -0.05) is 24.3 Å². The minimum atomic E-state index is -3.29. The molecule has 1 aliphatic heterocycles. The van der Waals surface area contributed by atoms with Crippen molar-refractivity contribution in [2.45, 2.75) is 13.3 Å². The van der Waals surface area contributed by atoms with Crippen LogP contribution in [0.15, 0.2) is 30.3 Å². The molecule has 0 saturated carbocycles. The molecule has 2 rings (SSSR count). The Hall–Kier alpha value is -1.37. The summed E-state index contributed by atoms with van der Waals surface area (Å²) in [5.74, 6) is 0.140. The third kappa shape index (κ3) is 5.79. The molecule has 1 heterocycles. The van der Waals surface area contributed by atoms with Gasteiger partial charge in [-0.25, -0.2) is 8.42 Å². The molecule has 22 heavy (non-hydrogen) atoms. The van der Waals surface area contributed by atoms with Crippen LogP contribution >= 0.6 is 0 Å². The molecule has 5 nitrogen and oxygen atoms in total. The van der Waals surface area contributed by atoms with E-state index in [9.17, 15) is 8.42 Å². The number of nitrogens with one attached hydrogen (secondary N) is 1. The van der Waals surface area contributed by atoms with Gasteiger partial charge in [0.1, 0.15) is 0 Å². The van der Waals surface area contributed by atoms with Crippen LogP contribution in [0.1, 0.15) is 18.9 Å². The van der Waals surface area contributed by atoms with Gasteiger partial charge in [0.15, 0.2) is 0 Å². The van der Waals surface area contributed by atoms with Crippen LogP contribution in [0.3, 0.4) is 0 Å². The maximum Gasteiger partial charge on any atom is 0.232 e. The summed E-state index contributed by atoms with van der Waals surface area (Å²) in [5.41, 5.74) is 1.66. The summed E-state index contributed by atoms with van der Waals surface area (Å²) in [6.45, 7) is 6.00. The third-order valence-corrected chi connectivity index (χ3v) is 4.91. The van der Waals surface area contributed by atoms with E-state index in [1.54, 1.807) is 12.1 Å². The van der Waals surface area contributed by atoms with Crippen LogP contribution in [0.25, 0.3) is 6.08 Å². The zero-order valence-electron chi connectivity index (χ0n) is 13.0. The van der Waals surface area contributed by atoms with Gasteiger partial charge in [-0.3, -0.25) is 9.62 Å². The standard InChI is InChI=1S/C16H24N2O3S/c1-2-4-15-5-7-16(8-6-15)17-22(19,20)14-3-9-18-10-12-21-13-11-18/h2,4-8,17H,3,9-14H2,1H3. The summed E-state index contributed by atoms with van der Waals surface area (Å²) in [6, 6.07) is 7.36. The molecule has 6 heteroatoms. The maximum atomic E-state index is 12.1. The number of rotatable bonds is 7. The molecule has 0 aliphatic carbocycles. The fourth-order valence-corrected chi connectivity index (χ4v) is 3.49. The van der Waals surface area contributed by atoms with Gasteiger partial charge in [0.05, 0.1) is 19.0 Å². The molecule has 1 saturated heterocycles. The van der Waals surface area contributed by atoms with Crippen molar-refractivity contribution in [1.82, 2.24) is 4.90 Å². The minimum absolute atomic E-state index is 0.140. The molecule has 1 N–H and O–H groups in total. The molecule has 0 bridgehead atoms. The average molecular weight is 324 g/mol. The number of hydrogen-bond donors (Lipinski definition) is 1. The number of nitrogens with zero attached hydrogens (tertiary/aromatic N) is 1. The number of morpholine rings is 1. The topological polar surface area (TPSA) is 58.6 Å². The SMILES string of the molecule is CC=Cc1ccc(NS(=O)(=O)CCCN2CCOCC2)cc1. The van der Waals surface area contributed by atoms with Crippen LogP contribution in [0.4, 0.5) is 5.69 Å². The van der Waals surface area contributed by atoms with Gasteiger partial charge in [-0.15, -0.1) is 0 Å². The highest BCUT2D eigenvalue weighted by molar-refractivity contribution is 7.92. The maximum absolute atomic E-state index is 12.1. The summed E-state index contributed by atoms with van der Waals surface area (Å²) in [7, 11) is -3.29. The Balaban J connectivity index is 1.79. The van der Waals surface area contributed by atoms with Gasteiger partial charge in [-0.05, 0) is 37.6 Å². The van der Waals surface area contributed by atoms with Gasteiger partial charge < -0.3 is 4.74 Å². The van der Waals surface area contributed by atoms with E-state index >= 15 is 0 Å². The Bertz CT molecular complexity index is 576. The van der Waals surface area contributed by atoms with E-state index in [-0.39, 0.29) is 5.75 Å². The molecule has 122 valence electrons. The molecule has 1 fully saturated rings. The zero-order chi connectivity index (χ0) is 15.8. The van der Waals surface area contributed by atoms with Gasteiger partial charge >= 0.3 is 0 Å². The van der Waals surface area contributed by atoms with Gasteiger partial charge in [-0.2, -0.15) is 0 Å². The molecule has 0 unspecified atom stereocenters. The molecule has 0 radical (unpaired) electrons. The van der Waals surface area contributed by atoms with E-state index in [1.165, 1.54) is 0 Å². The van der Waals surface area contributed by atoms with Crippen LogP contribution in [0.5, 0.6) is 0 Å². The normalized spacial score (nSPS) is 17.0. The average Bonchev–Trinajstić information content (AvgIpc) is 2.50. The summed E-state index contributed by atoms with van der Waals surface area (Å²) in [5, 5.41) is 0. The number of sulfonamides is 1. The lowest BCUT2D eigenvalue weighted by molar-refractivity contribution is 0.0381. The van der Waals surface area contributed by atoms with Crippen molar-refractivity contribution < 1.29 is 13.2 Å². The summed E-state index contributed by atoms with van der Waals surface area (Å²) < 4.78 is 32.1. The Labute approximate surface area is 133 Å². The quantitative estimate of drug-likeness (QED) is 0.835. The second-order valence-electron chi connectivity index (χ2n) is 5.35. The predicted octanol–water partition coefficient (Wildman–Crippen LogP) is 2.18. The Morgan fingerprint density at radius 2 is 1.91 bits per heavy atom. The van der Waals surface area contributed by atoms with Crippen molar-refractivity contribution in [2.75, 3.05) is 43.3 Å². The molecule has 0 aromatic heterocycles. The fraction of sp³-hybridized carbons (Fsp3) is 0.500. The van der Waals surface area contributed by atoms with Crippen molar-refractivity contribution in [3.05, 3.63) is 35.9 Å². The molecule has 1 aromatic carbocycles. The van der Waals surface area contributed by atoms with Crippen molar-refractivity contribution in [3.63, 3.8) is 0 Å². The van der Waals surface area contributed by atoms with Crippen LogP contribution in [0.2, 0.25) is 0 Å². The minimum Gasteiger partial charge on any atom is -0.379 e. The van der Waals surface area contributed by atoms with Gasteiger partial charge in [0.2, 0.25) is 10.0 Å². The van der Waals surface area contributed by atoms with Crippen molar-refractivity contribution >= 4 is 21.8 Å². The summed E-state index contributed by atoms with van der Waals surface area (Å²) in [6.07, 6.45) is 4.55. The molecule has 0 atom stereocenters. The molecule has 0 amide bonds. The van der Waals surface area contributed by atoms with Crippen LogP contribution < -0.4 is 4.72 Å². The third-order valence-electron chi connectivity index (χ3n) is 3.53. The number of anilines is 1. The Morgan fingerprint density at radius 3 is 2.55 bits per heavy atom. The first kappa shape index (κ1) is 17.0. The number of ether oxygens (including phenoxy) is 1. The van der Waals surface area contributed by atoms with Crippen LogP contribution in [-0.2, 0) is 14.8 Å². The molecule has 1 aromatic rings. The van der Waals surface area contributed by atoms with Crippen LogP contribution in [-0.4, -0.2) is 51.9 Å². The molecule has 1 aliphatic rings. The fourth-order valence-electron chi connectivity index (χ4n) is 2.39. The smallest absolute Gasteiger partial charge is 0.232 e. The molecular weight excluding hydrogens is 300 g/mol. The van der Waals surface area contributed by atoms with E-state index < -0.39 is 10.0 Å². The van der Waals surface area contributed by atoms with Gasteiger partial charge in [0.25, 0.3) is 0 Å². The van der Waals surface area contributed by atoms with E-state index in [0.717, 1.165) is 38.4 Å². The van der Waals surface area contributed by atoms with Gasteiger partial charge in [0, 0.05) is 18.8 Å². The lowest BCUT2D eigenvalue weighted by atomic mass is 10.2. The second-order valence-corrected chi connectivity index (χ2v) is 7.19. The lowest BCUT2D eigenvalue weighted by Gasteiger charge is -2.26. The zero-order valence-corrected chi connectivity index (χ0v) is 13.8. The molecule has 0 spiro atoms. The number of hydrogen-bond acceptors (Lipinski definition) is 4. The van der Waals surface area contributed by atoms with E-state index in [0.29, 0.717) is 12.1 Å². The first-order chi connectivity index (χ1) is 10.6. The van der Waals surface area contributed by atoms with E-state index in [4.69, 9.17) is 4.74 Å². The first-order valence-electron chi connectivity index (χ1n) is 7.62. The second kappa shape index (κ2) is 8.31. The summed E-state index contributed by atoms with van der Waals surface area (Å²) in [4.78, 5) is 2.24. The monoisotopic (exact) mass is 324 g/mol. The highest BCUT2D eigenvalue weighted by Gasteiger charge is 2.14. The largest absolute Gasteiger partial charge is 0.379 e. The first-order valence-corrected chi connectivity index (χ1v) is 9.28. The Kier molecular flexibility index (Phi) is 6.42. The molecular formula is C16H24N2O3S. The number of allylic oxidation sites excluding steroid dienone is 1. The van der Waals surface area contributed by atoms with E-state index in [2.05, 4.69) is 9.62 Å². The highest BCUT2D eigenvalue weighted by atomic mass is 32.2. The Morgan fingerprint density at radius 1 is 1.23 bits per heavy atom.